The Morgan fingerprint density at radius 2 is 2.38 bits per heavy atom. The van der Waals surface area contributed by atoms with Gasteiger partial charge < -0.3 is 5.11 Å². The van der Waals surface area contributed by atoms with Gasteiger partial charge in [-0.2, -0.15) is 5.10 Å². The molecule has 0 saturated heterocycles. The highest BCUT2D eigenvalue weighted by Crippen LogP contribution is 2.15. The van der Waals surface area contributed by atoms with E-state index in [9.17, 15) is 4.79 Å². The van der Waals surface area contributed by atoms with Crippen LogP contribution in [0, 0.1) is 0 Å². The average Bonchev–Trinajstić information content (AvgIpc) is 2.50. The van der Waals surface area contributed by atoms with Crippen molar-refractivity contribution < 1.29 is 9.90 Å². The van der Waals surface area contributed by atoms with Gasteiger partial charge in [-0.1, -0.05) is 11.6 Å². The molecular weight excluding hydrogens is 194 g/mol. The van der Waals surface area contributed by atoms with Crippen LogP contribution in [-0.4, -0.2) is 25.7 Å². The number of aromatic carboxylic acids is 1. The Hall–Kier alpha value is -1.62. The summed E-state index contributed by atoms with van der Waals surface area (Å²) in [5.41, 5.74) is 0.387. The second-order valence-electron chi connectivity index (χ2n) is 2.36. The number of aromatic nitrogens is 3. The number of nitrogens with zero attached hydrogens (tertiary/aromatic N) is 3. The van der Waals surface area contributed by atoms with Crippen molar-refractivity contribution in [3.63, 3.8) is 0 Å². The minimum Gasteiger partial charge on any atom is -0.476 e. The zero-order valence-electron chi connectivity index (χ0n) is 6.31. The van der Waals surface area contributed by atoms with Gasteiger partial charge in [0.15, 0.2) is 11.3 Å². The van der Waals surface area contributed by atoms with Gasteiger partial charge in [-0.3, -0.25) is 0 Å². The van der Waals surface area contributed by atoms with Gasteiger partial charge in [0.25, 0.3) is 0 Å². The van der Waals surface area contributed by atoms with Crippen LogP contribution in [0.4, 0.5) is 0 Å². The summed E-state index contributed by atoms with van der Waals surface area (Å²) in [6, 6.07) is 1.60. The Bertz CT molecular complexity index is 480. The van der Waals surface area contributed by atoms with Gasteiger partial charge in [0.05, 0.1) is 17.4 Å². The Balaban J connectivity index is 2.88. The lowest BCUT2D eigenvalue weighted by Gasteiger charge is -2.00. The molecule has 0 bridgehead atoms. The average molecular weight is 198 g/mol. The molecule has 0 aliphatic carbocycles. The summed E-state index contributed by atoms with van der Waals surface area (Å²) in [6.07, 6.45) is 2.76. The molecular formula is C7H4ClN3O2. The molecule has 6 heteroatoms. The molecule has 2 rings (SSSR count). The molecule has 1 N–H and O–H groups in total. The number of halogens is 1. The second-order valence-corrected chi connectivity index (χ2v) is 2.77. The fraction of sp³-hybridized carbons (Fsp3) is 0. The number of hydrogen-bond donors (Lipinski definition) is 1. The van der Waals surface area contributed by atoms with Crippen LogP contribution in [0.25, 0.3) is 5.65 Å². The van der Waals surface area contributed by atoms with Crippen LogP contribution < -0.4 is 0 Å². The van der Waals surface area contributed by atoms with Crippen LogP contribution in [0.5, 0.6) is 0 Å². The molecule has 0 aliphatic rings. The molecule has 2 aromatic heterocycles. The first-order valence-corrected chi connectivity index (χ1v) is 3.79. The Morgan fingerprint density at radius 3 is 3.08 bits per heavy atom. The number of carboxylic acid groups (broad SMARTS) is 1. The Labute approximate surface area is 77.6 Å². The van der Waals surface area contributed by atoms with E-state index in [4.69, 9.17) is 16.7 Å². The van der Waals surface area contributed by atoms with E-state index in [1.54, 1.807) is 6.07 Å². The third-order valence-corrected chi connectivity index (χ3v) is 1.85. The van der Waals surface area contributed by atoms with Gasteiger partial charge in [-0.25, -0.2) is 14.3 Å². The number of carboxylic acids is 1. The van der Waals surface area contributed by atoms with Crippen LogP contribution in [0.15, 0.2) is 18.5 Å². The first-order valence-electron chi connectivity index (χ1n) is 3.41. The molecule has 0 aromatic carbocycles. The molecule has 0 amide bonds. The summed E-state index contributed by atoms with van der Waals surface area (Å²) in [5.74, 6) is -1.12. The fourth-order valence-corrected chi connectivity index (χ4v) is 1.25. The molecule has 0 atom stereocenters. The standard InChI is InChI=1S/C7H4ClN3O2/c8-4-3-9-5-1-2-10-11(5)6(4)7(12)13/h1-3H,(H,12,13). The zero-order chi connectivity index (χ0) is 9.42. The quantitative estimate of drug-likeness (QED) is 0.743. The normalized spacial score (nSPS) is 10.5. The van der Waals surface area contributed by atoms with Crippen molar-refractivity contribution in [3.05, 3.63) is 29.2 Å². The maximum absolute atomic E-state index is 10.8. The summed E-state index contributed by atoms with van der Waals surface area (Å²) in [6.45, 7) is 0. The molecule has 0 spiro atoms. The number of carbonyl (C=O) groups is 1. The summed E-state index contributed by atoms with van der Waals surface area (Å²) >= 11 is 5.65. The number of rotatable bonds is 1. The summed E-state index contributed by atoms with van der Waals surface area (Å²) in [7, 11) is 0. The van der Waals surface area contributed by atoms with Crippen molar-refractivity contribution in [2.24, 2.45) is 0 Å². The summed E-state index contributed by atoms with van der Waals surface area (Å²) in [5, 5.41) is 12.7. The van der Waals surface area contributed by atoms with Crippen molar-refractivity contribution in [3.8, 4) is 0 Å². The van der Waals surface area contributed by atoms with E-state index in [0.29, 0.717) is 5.65 Å². The van der Waals surface area contributed by atoms with Crippen LogP contribution in [0.3, 0.4) is 0 Å². The first kappa shape index (κ1) is 8.00. The second kappa shape index (κ2) is 2.70. The first-order chi connectivity index (χ1) is 6.20. The highest BCUT2D eigenvalue weighted by atomic mass is 35.5. The van der Waals surface area contributed by atoms with Crippen LogP contribution >= 0.6 is 11.6 Å². The maximum atomic E-state index is 10.8. The van der Waals surface area contributed by atoms with Gasteiger partial charge in [0, 0.05) is 6.07 Å². The van der Waals surface area contributed by atoms with Crippen LogP contribution in [-0.2, 0) is 0 Å². The predicted octanol–water partition coefficient (Wildman–Crippen LogP) is 1.08. The molecule has 0 aliphatic heterocycles. The lowest BCUT2D eigenvalue weighted by Crippen LogP contribution is -2.07. The topological polar surface area (TPSA) is 67.5 Å². The van der Waals surface area contributed by atoms with Gasteiger partial charge in [-0.05, 0) is 0 Å². The monoisotopic (exact) mass is 197 g/mol. The third-order valence-electron chi connectivity index (χ3n) is 1.57. The summed E-state index contributed by atoms with van der Waals surface area (Å²) < 4.78 is 1.19. The van der Waals surface area contributed by atoms with E-state index in [-0.39, 0.29) is 10.7 Å². The van der Waals surface area contributed by atoms with Gasteiger partial charge in [-0.15, -0.1) is 0 Å². The largest absolute Gasteiger partial charge is 0.476 e. The lowest BCUT2D eigenvalue weighted by atomic mass is 10.4. The molecule has 0 saturated carbocycles. The number of hydrogen-bond acceptors (Lipinski definition) is 3. The van der Waals surface area contributed by atoms with E-state index < -0.39 is 5.97 Å². The highest BCUT2D eigenvalue weighted by molar-refractivity contribution is 6.33. The SMILES string of the molecule is O=C(O)c1c(Cl)cnc2ccnn12. The summed E-state index contributed by atoms with van der Waals surface area (Å²) in [4.78, 5) is 14.6. The van der Waals surface area contributed by atoms with E-state index in [0.717, 1.165) is 0 Å². The van der Waals surface area contributed by atoms with Crippen molar-refractivity contribution >= 4 is 23.2 Å². The fourth-order valence-electron chi connectivity index (χ4n) is 1.04. The van der Waals surface area contributed by atoms with E-state index in [1.807, 2.05) is 0 Å². The molecule has 2 heterocycles. The van der Waals surface area contributed by atoms with Crippen LogP contribution in [0.2, 0.25) is 5.02 Å². The van der Waals surface area contributed by atoms with Crippen molar-refractivity contribution in [2.75, 3.05) is 0 Å². The predicted molar refractivity (Wildman–Crippen MR) is 45.0 cm³/mol. The Kier molecular flexibility index (Phi) is 1.66. The Morgan fingerprint density at radius 1 is 1.62 bits per heavy atom. The molecule has 5 nitrogen and oxygen atoms in total. The van der Waals surface area contributed by atoms with Gasteiger partial charge >= 0.3 is 5.97 Å². The number of fused-ring (bicyclic) bond motifs is 1. The molecule has 13 heavy (non-hydrogen) atoms. The molecule has 0 radical (unpaired) electrons. The van der Waals surface area contributed by atoms with E-state index in [1.165, 1.54) is 16.9 Å². The van der Waals surface area contributed by atoms with E-state index >= 15 is 0 Å². The molecule has 2 aromatic rings. The highest BCUT2D eigenvalue weighted by Gasteiger charge is 2.14. The molecule has 66 valence electrons. The lowest BCUT2D eigenvalue weighted by molar-refractivity contribution is 0.0687. The molecule has 0 fully saturated rings. The smallest absolute Gasteiger partial charge is 0.356 e. The van der Waals surface area contributed by atoms with Crippen molar-refractivity contribution in [2.45, 2.75) is 0 Å². The third kappa shape index (κ3) is 1.13. The van der Waals surface area contributed by atoms with Gasteiger partial charge in [0.2, 0.25) is 0 Å². The van der Waals surface area contributed by atoms with Gasteiger partial charge in [0.1, 0.15) is 0 Å². The molecule has 0 unspecified atom stereocenters. The minimum absolute atomic E-state index is 0.0725. The van der Waals surface area contributed by atoms with E-state index in [2.05, 4.69) is 10.1 Å². The van der Waals surface area contributed by atoms with Crippen molar-refractivity contribution in [1.82, 2.24) is 14.6 Å². The maximum Gasteiger partial charge on any atom is 0.356 e. The zero-order valence-corrected chi connectivity index (χ0v) is 7.06. The van der Waals surface area contributed by atoms with Crippen LogP contribution in [0.1, 0.15) is 10.5 Å². The van der Waals surface area contributed by atoms with Crippen molar-refractivity contribution in [1.29, 1.82) is 0 Å². The minimum atomic E-state index is -1.12.